The maximum absolute atomic E-state index is 10.6. The molecule has 1 aromatic rings. The maximum Gasteiger partial charge on any atom is 0.314 e. The summed E-state index contributed by atoms with van der Waals surface area (Å²) in [5.41, 5.74) is -0.210. The quantitative estimate of drug-likeness (QED) is 0.459. The highest BCUT2D eigenvalue weighted by atomic mass is 35.5. The molecule has 0 fully saturated rings. The van der Waals surface area contributed by atoms with E-state index >= 15 is 0 Å². The van der Waals surface area contributed by atoms with Crippen LogP contribution in [0, 0.1) is 10.1 Å². The van der Waals surface area contributed by atoms with Crippen molar-refractivity contribution in [2.75, 3.05) is 12.1 Å². The summed E-state index contributed by atoms with van der Waals surface area (Å²) < 4.78 is 9.88. The van der Waals surface area contributed by atoms with Crippen LogP contribution in [0.25, 0.3) is 0 Å². The number of rotatable bonds is 5. The first-order chi connectivity index (χ1) is 7.20. The lowest BCUT2D eigenvalue weighted by molar-refractivity contribution is -0.385. The minimum Gasteiger partial charge on any atom is -0.474 e. The molecule has 0 unspecified atom stereocenters. The molecule has 0 aliphatic carbocycles. The number of nitro benzene ring substituents is 1. The van der Waals surface area contributed by atoms with Gasteiger partial charge in [0.1, 0.15) is 0 Å². The van der Waals surface area contributed by atoms with E-state index in [9.17, 15) is 10.1 Å². The minimum absolute atomic E-state index is 0.0156. The van der Waals surface area contributed by atoms with Crippen molar-refractivity contribution >= 4 is 28.9 Å². The number of benzene rings is 1. The van der Waals surface area contributed by atoms with Crippen LogP contribution < -0.4 is 9.47 Å². The summed E-state index contributed by atoms with van der Waals surface area (Å²) in [5, 5.41) is 10.6. The van der Waals surface area contributed by atoms with Gasteiger partial charge < -0.3 is 9.47 Å². The molecule has 82 valence electrons. The van der Waals surface area contributed by atoms with E-state index in [1.54, 1.807) is 0 Å². The number of halogens is 2. The molecule has 0 amide bonds. The summed E-state index contributed by atoms with van der Waals surface area (Å²) in [6, 6.07) is 3.95. The Kier molecular flexibility index (Phi) is 4.45. The molecule has 0 bridgehead atoms. The van der Waals surface area contributed by atoms with Crippen molar-refractivity contribution in [3.8, 4) is 11.5 Å². The zero-order valence-electron chi connectivity index (χ0n) is 7.48. The van der Waals surface area contributed by atoms with E-state index in [0.29, 0.717) is 0 Å². The molecule has 0 radical (unpaired) electrons. The summed E-state index contributed by atoms with van der Waals surface area (Å²) in [7, 11) is 0. The summed E-state index contributed by atoms with van der Waals surface area (Å²) in [6.45, 7) is 0. The highest BCUT2D eigenvalue weighted by Gasteiger charge is 2.19. The van der Waals surface area contributed by atoms with Gasteiger partial charge in [-0.15, -0.1) is 0 Å². The van der Waals surface area contributed by atoms with Gasteiger partial charge in [-0.05, 0) is 6.07 Å². The average molecular weight is 252 g/mol. The number of alkyl halides is 2. The molecular weight excluding hydrogens is 245 g/mol. The van der Waals surface area contributed by atoms with Crippen LogP contribution in [0.1, 0.15) is 0 Å². The van der Waals surface area contributed by atoms with Gasteiger partial charge >= 0.3 is 5.69 Å². The zero-order valence-corrected chi connectivity index (χ0v) is 8.99. The standard InChI is InChI=1S/C8H7Cl2NO4/c9-4-14-7-3-1-2-6(11(12)13)8(7)15-5-10/h1-3H,4-5H2. The number of hydrogen-bond acceptors (Lipinski definition) is 4. The van der Waals surface area contributed by atoms with Gasteiger partial charge in [-0.3, -0.25) is 10.1 Å². The highest BCUT2D eigenvalue weighted by Crippen LogP contribution is 2.36. The predicted molar refractivity (Wildman–Crippen MR) is 55.8 cm³/mol. The van der Waals surface area contributed by atoms with Gasteiger partial charge in [-0.1, -0.05) is 29.3 Å². The van der Waals surface area contributed by atoms with E-state index in [1.165, 1.54) is 18.2 Å². The molecule has 0 heterocycles. The molecule has 0 aliphatic heterocycles. The van der Waals surface area contributed by atoms with Gasteiger partial charge in [-0.2, -0.15) is 0 Å². The third kappa shape index (κ3) is 2.87. The second-order valence-corrected chi connectivity index (χ2v) is 2.80. The molecule has 0 N–H and O–H groups in total. The SMILES string of the molecule is O=[N+]([O-])c1cccc(OCCl)c1OCCl. The number of nitrogens with zero attached hydrogens (tertiary/aromatic N) is 1. The summed E-state index contributed by atoms with van der Waals surface area (Å²) in [6.07, 6.45) is 0. The Balaban J connectivity index is 3.15. The second kappa shape index (κ2) is 5.63. The van der Waals surface area contributed by atoms with Crippen molar-refractivity contribution in [2.24, 2.45) is 0 Å². The van der Waals surface area contributed by atoms with Crippen molar-refractivity contribution < 1.29 is 14.4 Å². The van der Waals surface area contributed by atoms with Crippen molar-refractivity contribution in [3.05, 3.63) is 28.3 Å². The smallest absolute Gasteiger partial charge is 0.314 e. The number of ether oxygens (including phenoxy) is 2. The second-order valence-electron chi connectivity index (χ2n) is 2.37. The lowest BCUT2D eigenvalue weighted by atomic mass is 10.3. The molecule has 0 spiro atoms. The fraction of sp³-hybridized carbons (Fsp3) is 0.250. The van der Waals surface area contributed by atoms with Gasteiger partial charge in [-0.25, -0.2) is 0 Å². The molecule has 0 aromatic heterocycles. The molecule has 0 atom stereocenters. The molecular formula is C8H7Cl2NO4. The van der Waals surface area contributed by atoms with E-state index < -0.39 is 4.92 Å². The fourth-order valence-electron chi connectivity index (χ4n) is 1.02. The molecule has 1 rings (SSSR count). The van der Waals surface area contributed by atoms with Crippen LogP contribution in [0.15, 0.2) is 18.2 Å². The number of nitro groups is 1. The van der Waals surface area contributed by atoms with Crippen LogP contribution in [0.5, 0.6) is 11.5 Å². The van der Waals surface area contributed by atoms with Crippen LogP contribution in [-0.2, 0) is 0 Å². The maximum atomic E-state index is 10.6. The Hall–Kier alpha value is -1.20. The van der Waals surface area contributed by atoms with Crippen LogP contribution in [-0.4, -0.2) is 17.1 Å². The molecule has 5 nitrogen and oxygen atoms in total. The Morgan fingerprint density at radius 3 is 2.47 bits per heavy atom. The first-order valence-corrected chi connectivity index (χ1v) is 4.92. The van der Waals surface area contributed by atoms with Gasteiger partial charge in [0, 0.05) is 6.07 Å². The van der Waals surface area contributed by atoms with E-state index in [-0.39, 0.29) is 29.3 Å². The third-order valence-electron chi connectivity index (χ3n) is 1.56. The molecule has 15 heavy (non-hydrogen) atoms. The monoisotopic (exact) mass is 251 g/mol. The topological polar surface area (TPSA) is 61.6 Å². The van der Waals surface area contributed by atoms with Crippen molar-refractivity contribution in [1.82, 2.24) is 0 Å². The lowest BCUT2D eigenvalue weighted by Crippen LogP contribution is -2.00. The van der Waals surface area contributed by atoms with E-state index in [0.717, 1.165) is 0 Å². The number of para-hydroxylation sites is 1. The molecule has 7 heteroatoms. The van der Waals surface area contributed by atoms with Crippen LogP contribution in [0.4, 0.5) is 5.69 Å². The molecule has 0 saturated heterocycles. The molecule has 0 saturated carbocycles. The number of hydrogen-bond donors (Lipinski definition) is 0. The van der Waals surface area contributed by atoms with Crippen molar-refractivity contribution in [1.29, 1.82) is 0 Å². The Bertz CT molecular complexity index is 358. The van der Waals surface area contributed by atoms with E-state index in [4.69, 9.17) is 32.7 Å². The van der Waals surface area contributed by atoms with Crippen LogP contribution in [0.3, 0.4) is 0 Å². The van der Waals surface area contributed by atoms with E-state index in [2.05, 4.69) is 0 Å². The van der Waals surface area contributed by atoms with Gasteiger partial charge in [0.05, 0.1) is 4.92 Å². The highest BCUT2D eigenvalue weighted by molar-refractivity contribution is 6.17. The first-order valence-electron chi connectivity index (χ1n) is 3.85. The fourth-order valence-corrected chi connectivity index (χ4v) is 1.25. The van der Waals surface area contributed by atoms with Gasteiger partial charge in [0.25, 0.3) is 0 Å². The normalized spacial score (nSPS) is 9.73. The van der Waals surface area contributed by atoms with Crippen LogP contribution in [0.2, 0.25) is 0 Å². The Labute approximate surface area is 95.6 Å². The summed E-state index contributed by atoms with van der Waals surface area (Å²) >= 11 is 10.7. The lowest BCUT2D eigenvalue weighted by Gasteiger charge is -2.08. The zero-order chi connectivity index (χ0) is 11.3. The summed E-state index contributed by atoms with van der Waals surface area (Å²) in [4.78, 5) is 10.1. The predicted octanol–water partition coefficient (Wildman–Crippen LogP) is 2.75. The first kappa shape index (κ1) is 11.9. The largest absolute Gasteiger partial charge is 0.474 e. The Morgan fingerprint density at radius 1 is 1.27 bits per heavy atom. The van der Waals surface area contributed by atoms with Crippen LogP contribution >= 0.6 is 23.2 Å². The molecule has 1 aromatic carbocycles. The third-order valence-corrected chi connectivity index (χ3v) is 1.78. The van der Waals surface area contributed by atoms with Gasteiger partial charge in [0.15, 0.2) is 17.9 Å². The van der Waals surface area contributed by atoms with Crippen molar-refractivity contribution in [3.63, 3.8) is 0 Å². The molecule has 0 aliphatic rings. The Morgan fingerprint density at radius 2 is 1.93 bits per heavy atom. The minimum atomic E-state index is -0.580. The summed E-state index contributed by atoms with van der Waals surface area (Å²) in [5.74, 6) is 0.179. The van der Waals surface area contributed by atoms with Gasteiger partial charge in [0.2, 0.25) is 5.75 Å². The van der Waals surface area contributed by atoms with Crippen molar-refractivity contribution in [2.45, 2.75) is 0 Å². The average Bonchev–Trinajstić information content (AvgIpc) is 2.21. The van der Waals surface area contributed by atoms with E-state index in [1.807, 2.05) is 0 Å².